The Balaban J connectivity index is 3.02. The molecule has 1 aromatic carbocycles. The van der Waals surface area contributed by atoms with Crippen molar-refractivity contribution in [3.8, 4) is 6.07 Å². The zero-order chi connectivity index (χ0) is 11.4. The molecule has 0 saturated heterocycles. The van der Waals surface area contributed by atoms with Crippen LogP contribution in [0.4, 0.5) is 0 Å². The summed E-state index contributed by atoms with van der Waals surface area (Å²) < 4.78 is 0. The molecule has 0 aliphatic carbocycles. The average Bonchev–Trinajstić information content (AvgIpc) is 2.21. The van der Waals surface area contributed by atoms with E-state index in [2.05, 4.69) is 0 Å². The zero-order valence-electron chi connectivity index (χ0n) is 8.00. The first-order chi connectivity index (χ1) is 7.07. The highest BCUT2D eigenvalue weighted by molar-refractivity contribution is 6.43. The van der Waals surface area contributed by atoms with E-state index in [0.717, 1.165) is 0 Å². The molecule has 0 radical (unpaired) electrons. The van der Waals surface area contributed by atoms with E-state index < -0.39 is 0 Å². The molecule has 1 rings (SSSR count). The van der Waals surface area contributed by atoms with Gasteiger partial charge in [0.05, 0.1) is 21.7 Å². The minimum atomic E-state index is -0.316. The molecule has 5 heteroatoms. The molecule has 0 aromatic heterocycles. The predicted molar refractivity (Wildman–Crippen MR) is 59.0 cm³/mol. The number of nitriles is 1. The van der Waals surface area contributed by atoms with Crippen LogP contribution in [-0.2, 0) is 0 Å². The minimum Gasteiger partial charge on any atom is -0.328 e. The molecule has 0 atom stereocenters. The number of amides is 1. The number of halogens is 2. The third kappa shape index (κ3) is 2.62. The van der Waals surface area contributed by atoms with Crippen molar-refractivity contribution in [2.75, 3.05) is 13.6 Å². The van der Waals surface area contributed by atoms with Gasteiger partial charge in [0.2, 0.25) is 0 Å². The zero-order valence-corrected chi connectivity index (χ0v) is 9.51. The van der Waals surface area contributed by atoms with E-state index >= 15 is 0 Å². The van der Waals surface area contributed by atoms with Crippen LogP contribution in [0.2, 0.25) is 10.0 Å². The van der Waals surface area contributed by atoms with Crippen LogP contribution in [0.15, 0.2) is 18.2 Å². The summed E-state index contributed by atoms with van der Waals surface area (Å²) in [5, 5.41) is 9.00. The maximum Gasteiger partial charge on any atom is 0.256 e. The SMILES string of the molecule is CN(CC#N)C(=O)c1cccc(Cl)c1Cl. The van der Waals surface area contributed by atoms with Gasteiger partial charge in [-0.2, -0.15) is 5.26 Å². The van der Waals surface area contributed by atoms with Crippen LogP contribution in [0.25, 0.3) is 0 Å². The van der Waals surface area contributed by atoms with Crippen molar-refractivity contribution in [2.45, 2.75) is 0 Å². The van der Waals surface area contributed by atoms with Crippen molar-refractivity contribution in [3.05, 3.63) is 33.8 Å². The second kappa shape index (κ2) is 5.01. The van der Waals surface area contributed by atoms with Crippen LogP contribution in [0.5, 0.6) is 0 Å². The molecule has 0 unspecified atom stereocenters. The van der Waals surface area contributed by atoms with Crippen LogP contribution >= 0.6 is 23.2 Å². The van der Waals surface area contributed by atoms with Crippen LogP contribution < -0.4 is 0 Å². The van der Waals surface area contributed by atoms with Gasteiger partial charge in [0, 0.05) is 7.05 Å². The Labute approximate surface area is 97.8 Å². The molecule has 0 aliphatic rings. The van der Waals surface area contributed by atoms with Gasteiger partial charge >= 0.3 is 0 Å². The van der Waals surface area contributed by atoms with Gasteiger partial charge in [0.25, 0.3) is 5.91 Å². The fourth-order valence-electron chi connectivity index (χ4n) is 1.05. The number of nitrogens with zero attached hydrogens (tertiary/aromatic N) is 2. The largest absolute Gasteiger partial charge is 0.328 e. The lowest BCUT2D eigenvalue weighted by atomic mass is 10.2. The minimum absolute atomic E-state index is 0.0156. The second-order valence-corrected chi connectivity index (χ2v) is 3.71. The number of benzene rings is 1. The summed E-state index contributed by atoms with van der Waals surface area (Å²) in [5.41, 5.74) is 0.307. The summed E-state index contributed by atoms with van der Waals surface area (Å²) in [6, 6.07) is 6.70. The number of hydrogen-bond donors (Lipinski definition) is 0. The van der Waals surface area contributed by atoms with Crippen LogP contribution in [0.1, 0.15) is 10.4 Å². The van der Waals surface area contributed by atoms with Gasteiger partial charge in [-0.25, -0.2) is 0 Å². The first-order valence-corrected chi connectivity index (χ1v) is 4.90. The normalized spacial score (nSPS) is 9.47. The molecule has 15 heavy (non-hydrogen) atoms. The average molecular weight is 243 g/mol. The molecular weight excluding hydrogens is 235 g/mol. The van der Waals surface area contributed by atoms with Crippen LogP contribution in [0.3, 0.4) is 0 Å². The number of carbonyl (C=O) groups is 1. The molecule has 1 amide bonds. The molecular formula is C10H8Cl2N2O. The van der Waals surface area contributed by atoms with Gasteiger partial charge in [-0.05, 0) is 12.1 Å². The van der Waals surface area contributed by atoms with Crippen molar-refractivity contribution in [1.29, 1.82) is 5.26 Å². The molecule has 78 valence electrons. The summed E-state index contributed by atoms with van der Waals surface area (Å²) in [4.78, 5) is 13.0. The lowest BCUT2D eigenvalue weighted by molar-refractivity contribution is 0.0812. The predicted octanol–water partition coefficient (Wildman–Crippen LogP) is 2.59. The van der Waals surface area contributed by atoms with Crippen molar-refractivity contribution < 1.29 is 4.79 Å². The summed E-state index contributed by atoms with van der Waals surface area (Å²) >= 11 is 11.6. The van der Waals surface area contributed by atoms with E-state index in [1.807, 2.05) is 6.07 Å². The maximum atomic E-state index is 11.7. The van der Waals surface area contributed by atoms with E-state index in [9.17, 15) is 4.79 Å². The Morgan fingerprint density at radius 1 is 1.53 bits per heavy atom. The molecule has 0 heterocycles. The molecule has 3 nitrogen and oxygen atoms in total. The van der Waals surface area contributed by atoms with Crippen molar-refractivity contribution in [1.82, 2.24) is 4.90 Å². The highest BCUT2D eigenvalue weighted by Gasteiger charge is 2.15. The Bertz CT molecular complexity index is 426. The summed E-state index contributed by atoms with van der Waals surface area (Å²) in [5.74, 6) is -0.316. The smallest absolute Gasteiger partial charge is 0.256 e. The Morgan fingerprint density at radius 3 is 2.80 bits per heavy atom. The fourth-order valence-corrected chi connectivity index (χ4v) is 1.43. The lowest BCUT2D eigenvalue weighted by Gasteiger charge is -2.14. The number of rotatable bonds is 2. The molecule has 1 aromatic rings. The van der Waals surface area contributed by atoms with E-state index in [1.165, 1.54) is 11.9 Å². The summed E-state index contributed by atoms with van der Waals surface area (Å²) in [6.45, 7) is 0.0156. The van der Waals surface area contributed by atoms with E-state index in [0.29, 0.717) is 10.6 Å². The molecule has 0 N–H and O–H groups in total. The van der Waals surface area contributed by atoms with E-state index in [-0.39, 0.29) is 17.5 Å². The first kappa shape index (κ1) is 11.8. The number of carbonyl (C=O) groups excluding carboxylic acids is 1. The third-order valence-corrected chi connectivity index (χ3v) is 2.66. The lowest BCUT2D eigenvalue weighted by Crippen LogP contribution is -2.27. The molecule has 0 spiro atoms. The van der Waals surface area contributed by atoms with Gasteiger partial charge in [0.15, 0.2) is 0 Å². The summed E-state index contributed by atoms with van der Waals surface area (Å²) in [6.07, 6.45) is 0. The quantitative estimate of drug-likeness (QED) is 0.749. The fraction of sp³-hybridized carbons (Fsp3) is 0.200. The van der Waals surface area contributed by atoms with Crippen molar-refractivity contribution in [2.24, 2.45) is 0 Å². The molecule has 0 saturated carbocycles. The van der Waals surface area contributed by atoms with Gasteiger partial charge in [-0.3, -0.25) is 4.79 Å². The van der Waals surface area contributed by atoms with Gasteiger partial charge in [-0.15, -0.1) is 0 Å². The monoisotopic (exact) mass is 242 g/mol. The van der Waals surface area contributed by atoms with Crippen LogP contribution in [-0.4, -0.2) is 24.4 Å². The van der Waals surface area contributed by atoms with Gasteiger partial charge < -0.3 is 4.90 Å². The van der Waals surface area contributed by atoms with Crippen molar-refractivity contribution in [3.63, 3.8) is 0 Å². The van der Waals surface area contributed by atoms with Gasteiger partial charge in [-0.1, -0.05) is 29.3 Å². The third-order valence-electron chi connectivity index (χ3n) is 1.84. The summed E-state index contributed by atoms with van der Waals surface area (Å²) in [7, 11) is 1.53. The van der Waals surface area contributed by atoms with Gasteiger partial charge in [0.1, 0.15) is 6.54 Å². The highest BCUT2D eigenvalue weighted by atomic mass is 35.5. The van der Waals surface area contributed by atoms with Crippen LogP contribution in [0, 0.1) is 11.3 Å². The van der Waals surface area contributed by atoms with E-state index in [4.69, 9.17) is 28.5 Å². The molecule has 0 fully saturated rings. The first-order valence-electron chi connectivity index (χ1n) is 4.14. The Morgan fingerprint density at radius 2 is 2.20 bits per heavy atom. The Hall–Kier alpha value is -1.24. The standard InChI is InChI=1S/C10H8Cl2N2O/c1-14(6-5-13)10(15)7-3-2-4-8(11)9(7)12/h2-4H,6H2,1H3. The van der Waals surface area contributed by atoms with Crippen molar-refractivity contribution >= 4 is 29.1 Å². The topological polar surface area (TPSA) is 44.1 Å². The second-order valence-electron chi connectivity index (χ2n) is 2.92. The van der Waals surface area contributed by atoms with E-state index in [1.54, 1.807) is 18.2 Å². The molecule has 0 bridgehead atoms. The Kier molecular flexibility index (Phi) is 3.96. The highest BCUT2D eigenvalue weighted by Crippen LogP contribution is 2.26. The molecule has 0 aliphatic heterocycles. The number of hydrogen-bond acceptors (Lipinski definition) is 2. The maximum absolute atomic E-state index is 11.7.